The van der Waals surface area contributed by atoms with E-state index in [2.05, 4.69) is 38.4 Å². The maximum atomic E-state index is 5.75. The van der Waals surface area contributed by atoms with Crippen LogP contribution in [0.2, 0.25) is 0 Å². The monoisotopic (exact) mass is 531 g/mol. The van der Waals surface area contributed by atoms with E-state index in [1.54, 1.807) is 6.26 Å². The molecule has 0 bridgehead atoms. The van der Waals surface area contributed by atoms with Crippen LogP contribution in [0, 0.1) is 5.92 Å². The smallest absolute Gasteiger partial charge is 0.191 e. The molecule has 2 aliphatic heterocycles. The highest BCUT2D eigenvalue weighted by molar-refractivity contribution is 14.0. The van der Waals surface area contributed by atoms with Gasteiger partial charge in [0.1, 0.15) is 5.76 Å². The fourth-order valence-corrected chi connectivity index (χ4v) is 4.69. The van der Waals surface area contributed by atoms with Gasteiger partial charge in [0, 0.05) is 26.7 Å². The summed E-state index contributed by atoms with van der Waals surface area (Å²) in [5, 5.41) is 7.02. The maximum Gasteiger partial charge on any atom is 0.191 e. The van der Waals surface area contributed by atoms with Gasteiger partial charge in [-0.25, -0.2) is 0 Å². The molecule has 0 saturated carbocycles. The molecule has 2 unspecified atom stereocenters. The molecule has 2 saturated heterocycles. The summed E-state index contributed by atoms with van der Waals surface area (Å²) in [7, 11) is 1.85. The number of halogens is 1. The summed E-state index contributed by atoms with van der Waals surface area (Å²) in [5.74, 6) is 2.81. The molecule has 0 aromatic carbocycles. The van der Waals surface area contributed by atoms with Gasteiger partial charge in [0.05, 0.1) is 12.3 Å². The lowest BCUT2D eigenvalue weighted by Crippen LogP contribution is -2.44. The van der Waals surface area contributed by atoms with Crippen molar-refractivity contribution in [3.8, 4) is 0 Å². The average Bonchev–Trinajstić information content (AvgIpc) is 3.27. The van der Waals surface area contributed by atoms with E-state index in [0.29, 0.717) is 0 Å². The van der Waals surface area contributed by atoms with Crippen molar-refractivity contribution in [1.29, 1.82) is 0 Å². The van der Waals surface area contributed by atoms with E-state index < -0.39 is 0 Å². The number of hydrogen-bond acceptors (Lipinski definition) is 4. The predicted octanol–water partition coefficient (Wildman–Crippen LogP) is 4.10. The van der Waals surface area contributed by atoms with Crippen LogP contribution in [0.15, 0.2) is 27.8 Å². The van der Waals surface area contributed by atoms with Crippen LogP contribution in [-0.2, 0) is 0 Å². The number of unbranched alkanes of at least 4 members (excludes halogenated alkanes) is 1. The molecule has 0 amide bonds. The number of likely N-dealkylation sites (tertiary alicyclic amines) is 2. The SMILES string of the molecule is CN=C(NCCCCN1CCCC(C)C1)NCC(c1ccco1)N1CCCCC1.I. The Hall–Kier alpha value is -0.800. The fourth-order valence-electron chi connectivity index (χ4n) is 4.69. The molecule has 1 aromatic rings. The van der Waals surface area contributed by atoms with E-state index in [9.17, 15) is 0 Å². The van der Waals surface area contributed by atoms with Crippen molar-refractivity contribution in [2.45, 2.75) is 57.9 Å². The zero-order valence-electron chi connectivity index (χ0n) is 18.9. The maximum absolute atomic E-state index is 5.75. The minimum Gasteiger partial charge on any atom is -0.468 e. The first-order chi connectivity index (χ1) is 14.3. The minimum atomic E-state index is 0. The molecule has 2 fully saturated rings. The number of furan rings is 1. The van der Waals surface area contributed by atoms with Gasteiger partial charge in [-0.3, -0.25) is 9.89 Å². The Labute approximate surface area is 200 Å². The van der Waals surface area contributed by atoms with Crippen LogP contribution in [-0.4, -0.2) is 68.6 Å². The second-order valence-electron chi connectivity index (χ2n) is 8.76. The number of rotatable bonds is 9. The Balaban J connectivity index is 0.00000320. The third-order valence-corrected chi connectivity index (χ3v) is 6.32. The Morgan fingerprint density at radius 3 is 2.70 bits per heavy atom. The molecular formula is C23H42IN5O. The normalized spacial score (nSPS) is 22.3. The predicted molar refractivity (Wildman–Crippen MR) is 136 cm³/mol. The summed E-state index contributed by atoms with van der Waals surface area (Å²) in [6.45, 7) is 10.3. The van der Waals surface area contributed by atoms with Gasteiger partial charge in [-0.2, -0.15) is 0 Å². The standard InChI is InChI=1S/C23H41N5O.HI/c1-20-10-8-14-27(19-20)13-7-4-12-25-23(24-2)26-18-21(22-11-9-17-29-22)28-15-5-3-6-16-28;/h9,11,17,20-21H,3-8,10,12-16,18-19H2,1-2H3,(H2,24,25,26);1H. The van der Waals surface area contributed by atoms with Crippen molar-refractivity contribution in [3.63, 3.8) is 0 Å². The number of hydrogen-bond donors (Lipinski definition) is 2. The van der Waals surface area contributed by atoms with Gasteiger partial charge < -0.3 is 20.0 Å². The molecular weight excluding hydrogens is 489 g/mol. The molecule has 0 spiro atoms. The van der Waals surface area contributed by atoms with Gasteiger partial charge >= 0.3 is 0 Å². The first kappa shape index (κ1) is 25.5. The largest absolute Gasteiger partial charge is 0.468 e. The molecule has 2 atom stereocenters. The van der Waals surface area contributed by atoms with Crippen molar-refractivity contribution in [1.82, 2.24) is 20.4 Å². The molecule has 0 aliphatic carbocycles. The molecule has 2 N–H and O–H groups in total. The van der Waals surface area contributed by atoms with Gasteiger partial charge in [0.2, 0.25) is 0 Å². The highest BCUT2D eigenvalue weighted by Crippen LogP contribution is 2.24. The molecule has 30 heavy (non-hydrogen) atoms. The summed E-state index contributed by atoms with van der Waals surface area (Å²) in [6.07, 6.45) is 10.9. The number of piperidine rings is 2. The summed E-state index contributed by atoms with van der Waals surface area (Å²) >= 11 is 0. The lowest BCUT2D eigenvalue weighted by Gasteiger charge is -2.33. The zero-order valence-corrected chi connectivity index (χ0v) is 21.3. The van der Waals surface area contributed by atoms with Crippen LogP contribution in [0.25, 0.3) is 0 Å². The van der Waals surface area contributed by atoms with Crippen molar-refractivity contribution in [2.75, 3.05) is 52.9 Å². The molecule has 7 heteroatoms. The minimum absolute atomic E-state index is 0. The van der Waals surface area contributed by atoms with Crippen LogP contribution in [0.1, 0.15) is 63.7 Å². The summed E-state index contributed by atoms with van der Waals surface area (Å²) in [5.41, 5.74) is 0. The Morgan fingerprint density at radius 1 is 1.17 bits per heavy atom. The van der Waals surface area contributed by atoms with E-state index in [4.69, 9.17) is 4.42 Å². The molecule has 6 nitrogen and oxygen atoms in total. The third kappa shape index (κ3) is 8.38. The average molecular weight is 532 g/mol. The van der Waals surface area contributed by atoms with Crippen molar-refractivity contribution < 1.29 is 4.42 Å². The highest BCUT2D eigenvalue weighted by Gasteiger charge is 2.24. The molecule has 3 rings (SSSR count). The fraction of sp³-hybridized carbons (Fsp3) is 0.783. The summed E-state index contributed by atoms with van der Waals surface area (Å²) in [6, 6.07) is 4.35. The molecule has 172 valence electrons. The number of guanidine groups is 1. The van der Waals surface area contributed by atoms with Gasteiger partial charge in [-0.1, -0.05) is 13.3 Å². The summed E-state index contributed by atoms with van der Waals surface area (Å²) < 4.78 is 5.75. The number of nitrogens with one attached hydrogen (secondary N) is 2. The first-order valence-electron chi connectivity index (χ1n) is 11.7. The van der Waals surface area contributed by atoms with Gasteiger partial charge in [-0.05, 0) is 82.8 Å². The van der Waals surface area contributed by atoms with E-state index in [-0.39, 0.29) is 30.0 Å². The lowest BCUT2D eigenvalue weighted by molar-refractivity contribution is 0.146. The zero-order chi connectivity index (χ0) is 20.3. The van der Waals surface area contributed by atoms with E-state index in [0.717, 1.165) is 43.8 Å². The molecule has 1 aromatic heterocycles. The van der Waals surface area contributed by atoms with Crippen molar-refractivity contribution >= 4 is 29.9 Å². The van der Waals surface area contributed by atoms with Gasteiger partial charge in [-0.15, -0.1) is 24.0 Å². The van der Waals surface area contributed by atoms with E-state index in [1.165, 1.54) is 64.6 Å². The Bertz CT molecular complexity index is 588. The van der Waals surface area contributed by atoms with E-state index in [1.807, 2.05) is 13.1 Å². The quantitative estimate of drug-likeness (QED) is 0.218. The van der Waals surface area contributed by atoms with Crippen LogP contribution >= 0.6 is 24.0 Å². The molecule has 0 radical (unpaired) electrons. The third-order valence-electron chi connectivity index (χ3n) is 6.32. The Morgan fingerprint density at radius 2 is 2.00 bits per heavy atom. The van der Waals surface area contributed by atoms with Crippen molar-refractivity contribution in [2.24, 2.45) is 10.9 Å². The first-order valence-corrected chi connectivity index (χ1v) is 11.7. The van der Waals surface area contributed by atoms with Crippen LogP contribution in [0.4, 0.5) is 0 Å². The van der Waals surface area contributed by atoms with Gasteiger partial charge in [0.25, 0.3) is 0 Å². The van der Waals surface area contributed by atoms with E-state index >= 15 is 0 Å². The topological polar surface area (TPSA) is 56.0 Å². The second-order valence-corrected chi connectivity index (χ2v) is 8.76. The van der Waals surface area contributed by atoms with Crippen LogP contribution in [0.3, 0.4) is 0 Å². The molecule has 3 heterocycles. The second kappa shape index (κ2) is 14.3. The Kier molecular flexibility index (Phi) is 12.1. The number of aliphatic imine (C=N–C) groups is 1. The van der Waals surface area contributed by atoms with Crippen LogP contribution < -0.4 is 10.6 Å². The highest BCUT2D eigenvalue weighted by atomic mass is 127. The van der Waals surface area contributed by atoms with Crippen molar-refractivity contribution in [3.05, 3.63) is 24.2 Å². The molecule has 2 aliphatic rings. The summed E-state index contributed by atoms with van der Waals surface area (Å²) in [4.78, 5) is 9.60. The van der Waals surface area contributed by atoms with Crippen LogP contribution in [0.5, 0.6) is 0 Å². The number of nitrogens with zero attached hydrogens (tertiary/aromatic N) is 3. The van der Waals surface area contributed by atoms with Gasteiger partial charge in [0.15, 0.2) is 5.96 Å². The lowest BCUT2D eigenvalue weighted by atomic mass is 10.0.